The van der Waals surface area contributed by atoms with Crippen LogP contribution >= 0.6 is 0 Å². The molecule has 0 unspecified atom stereocenters. The largest absolute Gasteiger partial charge is 0.399 e. The van der Waals surface area contributed by atoms with Crippen LogP contribution in [0.3, 0.4) is 0 Å². The van der Waals surface area contributed by atoms with Gasteiger partial charge in [-0.3, -0.25) is 0 Å². The minimum Gasteiger partial charge on any atom is -0.399 e. The molecule has 8 rings (SSSR count). The summed E-state index contributed by atoms with van der Waals surface area (Å²) in [4.78, 5) is 4.68. The number of rotatable bonds is 7. The lowest BCUT2D eigenvalue weighted by atomic mass is 10.1. The van der Waals surface area contributed by atoms with Gasteiger partial charge in [0.2, 0.25) is 0 Å². The van der Waals surface area contributed by atoms with Crippen molar-refractivity contribution >= 4 is 61.6 Å². The van der Waals surface area contributed by atoms with Crippen LogP contribution in [0.4, 0.5) is 39.8 Å². The van der Waals surface area contributed by atoms with Gasteiger partial charge in [-0.1, -0.05) is 60.7 Å². The highest BCUT2D eigenvalue weighted by Crippen LogP contribution is 2.42. The molecule has 1 heterocycles. The first kappa shape index (κ1) is 29.2. The van der Waals surface area contributed by atoms with E-state index in [1.807, 2.05) is 12.1 Å². The number of para-hydroxylation sites is 2. The molecule has 0 aliphatic rings. The summed E-state index contributed by atoms with van der Waals surface area (Å²) < 4.78 is 2.34. The summed E-state index contributed by atoms with van der Waals surface area (Å²) in [6.07, 6.45) is 0. The monoisotopic (exact) mass is 620 g/mol. The Bertz CT molecular complexity index is 2230. The van der Waals surface area contributed by atoms with Crippen LogP contribution in [0, 0.1) is 13.8 Å². The van der Waals surface area contributed by atoms with Crippen molar-refractivity contribution in [1.29, 1.82) is 0 Å². The van der Waals surface area contributed by atoms with E-state index in [-0.39, 0.29) is 0 Å². The molecule has 0 radical (unpaired) electrons. The lowest BCUT2D eigenvalue weighted by Crippen LogP contribution is -2.10. The first-order chi connectivity index (χ1) is 23.5. The standard InChI is InChI=1S/C44H36N4/c1-31-11-9-17-37(27-31)46(34-13-5-3-6-14-34)39-23-25-43-41(29-39)42-30-40(24-26-44(42)48(43)36-21-19-33(45)20-22-36)47(35-15-7-4-8-16-35)38-18-10-12-32(2)28-38/h3-30H,45H2,1-2H3. The summed E-state index contributed by atoms with van der Waals surface area (Å²) in [5.41, 5.74) is 19.3. The van der Waals surface area contributed by atoms with E-state index in [1.165, 1.54) is 21.9 Å². The average Bonchev–Trinajstić information content (AvgIpc) is 3.43. The average molecular weight is 621 g/mol. The number of benzene rings is 7. The van der Waals surface area contributed by atoms with Crippen LogP contribution in [-0.4, -0.2) is 4.57 Å². The van der Waals surface area contributed by atoms with Gasteiger partial charge in [0.25, 0.3) is 0 Å². The van der Waals surface area contributed by atoms with Crippen molar-refractivity contribution in [3.63, 3.8) is 0 Å². The number of hydrogen-bond donors (Lipinski definition) is 1. The zero-order valence-electron chi connectivity index (χ0n) is 27.1. The van der Waals surface area contributed by atoms with Gasteiger partial charge in [0.15, 0.2) is 0 Å². The minimum atomic E-state index is 0.748. The molecular weight excluding hydrogens is 585 g/mol. The number of hydrogen-bond acceptors (Lipinski definition) is 3. The number of nitrogens with two attached hydrogens (primary N) is 1. The third-order valence-corrected chi connectivity index (χ3v) is 8.95. The molecular formula is C44H36N4. The summed E-state index contributed by atoms with van der Waals surface area (Å²) in [5.74, 6) is 0. The molecule has 2 N–H and O–H groups in total. The quantitative estimate of drug-likeness (QED) is 0.180. The van der Waals surface area contributed by atoms with Crippen molar-refractivity contribution in [1.82, 2.24) is 4.57 Å². The van der Waals surface area contributed by atoms with Crippen molar-refractivity contribution in [2.45, 2.75) is 13.8 Å². The van der Waals surface area contributed by atoms with Gasteiger partial charge in [0, 0.05) is 56.3 Å². The number of fused-ring (bicyclic) bond motifs is 3. The highest BCUT2D eigenvalue weighted by Gasteiger charge is 2.20. The van der Waals surface area contributed by atoms with Crippen molar-refractivity contribution in [3.8, 4) is 5.69 Å². The fraction of sp³-hybridized carbons (Fsp3) is 0.0455. The second-order valence-electron chi connectivity index (χ2n) is 12.3. The van der Waals surface area contributed by atoms with E-state index < -0.39 is 0 Å². The first-order valence-corrected chi connectivity index (χ1v) is 16.3. The maximum absolute atomic E-state index is 6.13. The van der Waals surface area contributed by atoms with Crippen LogP contribution in [0.2, 0.25) is 0 Å². The molecule has 0 saturated carbocycles. The van der Waals surface area contributed by atoms with Gasteiger partial charge in [0.1, 0.15) is 0 Å². The molecule has 7 aromatic carbocycles. The molecule has 0 saturated heterocycles. The smallest absolute Gasteiger partial charge is 0.0542 e. The first-order valence-electron chi connectivity index (χ1n) is 16.3. The molecule has 0 spiro atoms. The maximum atomic E-state index is 6.13. The fourth-order valence-electron chi connectivity index (χ4n) is 6.76. The molecule has 232 valence electrons. The van der Waals surface area contributed by atoms with E-state index in [9.17, 15) is 0 Å². The number of anilines is 7. The highest BCUT2D eigenvalue weighted by molar-refractivity contribution is 6.12. The molecule has 0 fully saturated rings. The Balaban J connectivity index is 1.40. The topological polar surface area (TPSA) is 37.4 Å². The van der Waals surface area contributed by atoms with E-state index in [0.29, 0.717) is 0 Å². The van der Waals surface area contributed by atoms with Crippen LogP contribution in [0.5, 0.6) is 0 Å². The molecule has 0 aliphatic heterocycles. The van der Waals surface area contributed by atoms with E-state index >= 15 is 0 Å². The Morgan fingerprint density at radius 3 is 1.25 bits per heavy atom. The van der Waals surface area contributed by atoms with Gasteiger partial charge >= 0.3 is 0 Å². The highest BCUT2D eigenvalue weighted by atomic mass is 15.1. The van der Waals surface area contributed by atoms with Crippen LogP contribution in [-0.2, 0) is 0 Å². The SMILES string of the molecule is Cc1cccc(N(c2ccccc2)c2ccc3c(c2)c2cc(N(c4ccccc4)c4cccc(C)c4)ccc2n3-c2ccc(N)cc2)c1. The van der Waals surface area contributed by atoms with E-state index in [1.54, 1.807) is 0 Å². The van der Waals surface area contributed by atoms with Crippen LogP contribution in [0.15, 0.2) is 170 Å². The molecule has 0 bridgehead atoms. The Kier molecular flexibility index (Phi) is 7.39. The minimum absolute atomic E-state index is 0.748. The predicted molar refractivity (Wildman–Crippen MR) is 204 cm³/mol. The third-order valence-electron chi connectivity index (χ3n) is 8.95. The summed E-state index contributed by atoms with van der Waals surface area (Å²) in [5, 5.41) is 2.35. The molecule has 0 aliphatic carbocycles. The van der Waals surface area contributed by atoms with Crippen LogP contribution in [0.1, 0.15) is 11.1 Å². The van der Waals surface area contributed by atoms with Gasteiger partial charge in [-0.05, 0) is 134 Å². The molecule has 0 amide bonds. The maximum Gasteiger partial charge on any atom is 0.0542 e. The van der Waals surface area contributed by atoms with Crippen molar-refractivity contribution in [2.75, 3.05) is 15.5 Å². The van der Waals surface area contributed by atoms with E-state index in [2.05, 4.69) is 186 Å². The molecule has 0 atom stereocenters. The number of aryl methyl sites for hydroxylation is 2. The molecule has 4 nitrogen and oxygen atoms in total. The molecule has 1 aromatic heterocycles. The second kappa shape index (κ2) is 12.2. The summed E-state index contributed by atoms with van der Waals surface area (Å²) in [6, 6.07) is 60.4. The molecule has 48 heavy (non-hydrogen) atoms. The number of aromatic nitrogens is 1. The van der Waals surface area contributed by atoms with Crippen molar-refractivity contribution in [2.24, 2.45) is 0 Å². The van der Waals surface area contributed by atoms with E-state index in [0.717, 1.165) is 56.5 Å². The Morgan fingerprint density at radius 2 is 0.812 bits per heavy atom. The van der Waals surface area contributed by atoms with Gasteiger partial charge in [-0.25, -0.2) is 0 Å². The fourth-order valence-corrected chi connectivity index (χ4v) is 6.76. The Labute approximate surface area is 281 Å². The number of nitrogens with zero attached hydrogens (tertiary/aromatic N) is 3. The van der Waals surface area contributed by atoms with Gasteiger partial charge < -0.3 is 20.1 Å². The van der Waals surface area contributed by atoms with E-state index in [4.69, 9.17) is 5.73 Å². The normalized spacial score (nSPS) is 11.2. The number of nitrogen functional groups attached to an aromatic ring is 1. The van der Waals surface area contributed by atoms with Crippen LogP contribution in [0.25, 0.3) is 27.5 Å². The Morgan fingerprint density at radius 1 is 0.396 bits per heavy atom. The van der Waals surface area contributed by atoms with Crippen LogP contribution < -0.4 is 15.5 Å². The lowest BCUT2D eigenvalue weighted by Gasteiger charge is -2.26. The van der Waals surface area contributed by atoms with Gasteiger partial charge in [0.05, 0.1) is 11.0 Å². The second-order valence-corrected chi connectivity index (χ2v) is 12.3. The predicted octanol–water partition coefficient (Wildman–Crippen LogP) is 11.9. The summed E-state index contributed by atoms with van der Waals surface area (Å²) in [7, 11) is 0. The van der Waals surface area contributed by atoms with Gasteiger partial charge in [-0.2, -0.15) is 0 Å². The Hall–Kier alpha value is -6.26. The zero-order chi connectivity index (χ0) is 32.6. The van der Waals surface area contributed by atoms with Gasteiger partial charge in [-0.15, -0.1) is 0 Å². The van der Waals surface area contributed by atoms with Crippen molar-refractivity contribution < 1.29 is 0 Å². The lowest BCUT2D eigenvalue weighted by molar-refractivity contribution is 1.18. The molecule has 4 heteroatoms. The third kappa shape index (κ3) is 5.33. The summed E-state index contributed by atoms with van der Waals surface area (Å²) >= 11 is 0. The molecule has 8 aromatic rings. The zero-order valence-corrected chi connectivity index (χ0v) is 27.1. The van der Waals surface area contributed by atoms with Crippen molar-refractivity contribution in [3.05, 3.63) is 181 Å². The summed E-state index contributed by atoms with van der Waals surface area (Å²) in [6.45, 7) is 4.29.